The molecule has 114 valence electrons. The maximum absolute atomic E-state index is 12.5. The largest absolute Gasteiger partial charge is 0.391 e. The average molecular weight is 305 g/mol. The van der Waals surface area contributed by atoms with Crippen molar-refractivity contribution in [3.63, 3.8) is 0 Å². The van der Waals surface area contributed by atoms with Gasteiger partial charge in [0, 0.05) is 18.7 Å². The number of thiocarbonyl (C=S) groups is 1. The lowest BCUT2D eigenvalue weighted by Gasteiger charge is -2.40. The van der Waals surface area contributed by atoms with E-state index in [-0.39, 0.29) is 5.91 Å². The Kier molecular flexibility index (Phi) is 4.64. The first kappa shape index (κ1) is 15.9. The molecule has 0 radical (unpaired) electrons. The summed E-state index contributed by atoms with van der Waals surface area (Å²) >= 11 is 5.23. The maximum Gasteiger partial charge on any atom is 0.252 e. The topological polar surface area (TPSA) is 58.4 Å². The smallest absolute Gasteiger partial charge is 0.252 e. The number of nitrogens with one attached hydrogen (secondary N) is 1. The van der Waals surface area contributed by atoms with Gasteiger partial charge >= 0.3 is 0 Å². The molecule has 1 aliphatic heterocycles. The molecule has 1 amide bonds. The van der Waals surface area contributed by atoms with Crippen LogP contribution in [0.2, 0.25) is 0 Å². The molecule has 3 N–H and O–H groups in total. The standard InChI is InChI=1S/C16H23N3OS/c1-11-4-5-13(10-12(11)2)14(20)18-16(15(17)21)6-8-19(3)9-7-16/h4-5,10H,6-9H2,1-3H3,(H2,17,21)(H,18,20). The number of rotatable bonds is 3. The second kappa shape index (κ2) is 6.12. The summed E-state index contributed by atoms with van der Waals surface area (Å²) in [6.45, 7) is 5.80. The van der Waals surface area contributed by atoms with Gasteiger partial charge in [-0.25, -0.2) is 0 Å². The maximum atomic E-state index is 12.5. The van der Waals surface area contributed by atoms with Gasteiger partial charge in [-0.05, 0) is 57.0 Å². The molecule has 0 aliphatic carbocycles. The molecule has 0 unspecified atom stereocenters. The number of amides is 1. The number of likely N-dealkylation sites (tertiary alicyclic amines) is 1. The summed E-state index contributed by atoms with van der Waals surface area (Å²) in [6.07, 6.45) is 1.52. The van der Waals surface area contributed by atoms with Gasteiger partial charge in [0.05, 0.1) is 10.5 Å². The Balaban J connectivity index is 2.19. The summed E-state index contributed by atoms with van der Waals surface area (Å²) in [4.78, 5) is 15.1. The van der Waals surface area contributed by atoms with Crippen LogP contribution < -0.4 is 11.1 Å². The minimum atomic E-state index is -0.558. The van der Waals surface area contributed by atoms with E-state index in [0.717, 1.165) is 31.5 Å². The van der Waals surface area contributed by atoms with E-state index in [9.17, 15) is 4.79 Å². The van der Waals surface area contributed by atoms with Crippen molar-refractivity contribution in [1.29, 1.82) is 0 Å². The van der Waals surface area contributed by atoms with Gasteiger partial charge < -0.3 is 16.0 Å². The van der Waals surface area contributed by atoms with E-state index in [2.05, 4.69) is 17.3 Å². The van der Waals surface area contributed by atoms with Crippen molar-refractivity contribution in [3.05, 3.63) is 34.9 Å². The minimum Gasteiger partial charge on any atom is -0.391 e. The van der Waals surface area contributed by atoms with Gasteiger partial charge in [-0.3, -0.25) is 4.79 Å². The molecule has 21 heavy (non-hydrogen) atoms. The van der Waals surface area contributed by atoms with Crippen LogP contribution >= 0.6 is 12.2 Å². The highest BCUT2D eigenvalue weighted by atomic mass is 32.1. The number of hydrogen-bond donors (Lipinski definition) is 2. The molecule has 5 heteroatoms. The summed E-state index contributed by atoms with van der Waals surface area (Å²) in [5.41, 5.74) is 8.31. The zero-order chi connectivity index (χ0) is 15.6. The molecule has 1 saturated heterocycles. The van der Waals surface area contributed by atoms with Crippen molar-refractivity contribution in [2.24, 2.45) is 5.73 Å². The Hall–Kier alpha value is -1.46. The normalized spacial score (nSPS) is 18.2. The van der Waals surface area contributed by atoms with Crippen LogP contribution in [0.3, 0.4) is 0 Å². The second-order valence-electron chi connectivity index (χ2n) is 6.00. The van der Waals surface area contributed by atoms with Gasteiger partial charge in [-0.2, -0.15) is 0 Å². The third-order valence-corrected chi connectivity index (χ3v) is 4.82. The van der Waals surface area contributed by atoms with Gasteiger partial charge in [-0.1, -0.05) is 18.3 Å². The number of aryl methyl sites for hydroxylation is 2. The summed E-state index contributed by atoms with van der Waals surface area (Å²) in [6, 6.07) is 5.72. The first-order valence-electron chi connectivity index (χ1n) is 7.22. The van der Waals surface area contributed by atoms with Crippen LogP contribution in [0.4, 0.5) is 0 Å². The van der Waals surface area contributed by atoms with Crippen molar-refractivity contribution >= 4 is 23.1 Å². The van der Waals surface area contributed by atoms with E-state index in [1.807, 2.05) is 32.0 Å². The second-order valence-corrected chi connectivity index (χ2v) is 6.44. The summed E-state index contributed by atoms with van der Waals surface area (Å²) < 4.78 is 0. The zero-order valence-corrected chi connectivity index (χ0v) is 13.7. The zero-order valence-electron chi connectivity index (χ0n) is 12.9. The molecule has 4 nitrogen and oxygen atoms in total. The van der Waals surface area contributed by atoms with Crippen molar-refractivity contribution in [1.82, 2.24) is 10.2 Å². The fourth-order valence-corrected chi connectivity index (χ4v) is 2.86. The lowest BCUT2D eigenvalue weighted by molar-refractivity contribution is 0.0890. The third kappa shape index (κ3) is 3.41. The molecular weight excluding hydrogens is 282 g/mol. The lowest BCUT2D eigenvalue weighted by atomic mass is 9.87. The van der Waals surface area contributed by atoms with Gasteiger partial charge in [0.25, 0.3) is 5.91 Å². The van der Waals surface area contributed by atoms with Crippen LogP contribution in [0.1, 0.15) is 34.3 Å². The fourth-order valence-electron chi connectivity index (χ4n) is 2.61. The Morgan fingerprint density at radius 1 is 1.29 bits per heavy atom. The Bertz CT molecular complexity index is 563. The van der Waals surface area contributed by atoms with Crippen LogP contribution in [0.15, 0.2) is 18.2 Å². The monoisotopic (exact) mass is 305 g/mol. The highest BCUT2D eigenvalue weighted by Crippen LogP contribution is 2.23. The van der Waals surface area contributed by atoms with Gasteiger partial charge in [-0.15, -0.1) is 0 Å². The predicted octanol–water partition coefficient (Wildman–Crippen LogP) is 1.78. The van der Waals surface area contributed by atoms with E-state index in [0.29, 0.717) is 10.6 Å². The van der Waals surface area contributed by atoms with E-state index in [1.165, 1.54) is 5.56 Å². The van der Waals surface area contributed by atoms with E-state index < -0.39 is 5.54 Å². The number of carbonyl (C=O) groups is 1. The van der Waals surface area contributed by atoms with Crippen molar-refractivity contribution in [3.8, 4) is 0 Å². The number of hydrogen-bond acceptors (Lipinski definition) is 3. The summed E-state index contributed by atoms with van der Waals surface area (Å²) in [5.74, 6) is -0.101. The summed E-state index contributed by atoms with van der Waals surface area (Å²) in [7, 11) is 2.06. The van der Waals surface area contributed by atoms with Crippen molar-refractivity contribution in [2.75, 3.05) is 20.1 Å². The van der Waals surface area contributed by atoms with Crippen LogP contribution in [0.5, 0.6) is 0 Å². The fraction of sp³-hybridized carbons (Fsp3) is 0.500. The third-order valence-electron chi connectivity index (χ3n) is 4.43. The number of carbonyl (C=O) groups excluding carboxylic acids is 1. The molecule has 1 aromatic carbocycles. The molecule has 0 aromatic heterocycles. The number of piperidine rings is 1. The molecule has 1 aromatic rings. The Morgan fingerprint density at radius 2 is 1.90 bits per heavy atom. The lowest BCUT2D eigenvalue weighted by Crippen LogP contribution is -2.61. The van der Waals surface area contributed by atoms with Crippen LogP contribution in [-0.2, 0) is 0 Å². The highest BCUT2D eigenvalue weighted by Gasteiger charge is 2.38. The first-order chi connectivity index (χ1) is 9.84. The van der Waals surface area contributed by atoms with E-state index in [1.54, 1.807) is 0 Å². The van der Waals surface area contributed by atoms with Gasteiger partial charge in [0.2, 0.25) is 0 Å². The molecule has 2 rings (SSSR count). The summed E-state index contributed by atoms with van der Waals surface area (Å²) in [5, 5.41) is 3.08. The molecule has 0 spiro atoms. The van der Waals surface area contributed by atoms with Crippen molar-refractivity contribution in [2.45, 2.75) is 32.2 Å². The molecule has 1 aliphatic rings. The van der Waals surface area contributed by atoms with Gasteiger partial charge in [0.15, 0.2) is 0 Å². The van der Waals surface area contributed by atoms with Gasteiger partial charge in [0.1, 0.15) is 0 Å². The van der Waals surface area contributed by atoms with Crippen LogP contribution in [-0.4, -0.2) is 41.5 Å². The quantitative estimate of drug-likeness (QED) is 0.836. The van der Waals surface area contributed by atoms with Crippen LogP contribution in [0.25, 0.3) is 0 Å². The van der Waals surface area contributed by atoms with E-state index >= 15 is 0 Å². The minimum absolute atomic E-state index is 0.101. The molecule has 0 atom stereocenters. The predicted molar refractivity (Wildman–Crippen MR) is 89.6 cm³/mol. The Morgan fingerprint density at radius 3 is 2.43 bits per heavy atom. The van der Waals surface area contributed by atoms with Crippen molar-refractivity contribution < 1.29 is 4.79 Å². The number of nitrogens with zero attached hydrogens (tertiary/aromatic N) is 1. The average Bonchev–Trinajstić information content (AvgIpc) is 2.44. The Labute approximate surface area is 131 Å². The van der Waals surface area contributed by atoms with Crippen LogP contribution in [0, 0.1) is 13.8 Å². The molecule has 1 heterocycles. The molecule has 1 fully saturated rings. The highest BCUT2D eigenvalue weighted by molar-refractivity contribution is 7.80. The number of nitrogens with two attached hydrogens (primary N) is 1. The van der Waals surface area contributed by atoms with E-state index in [4.69, 9.17) is 18.0 Å². The first-order valence-corrected chi connectivity index (χ1v) is 7.63. The molecule has 0 bridgehead atoms. The molecule has 0 saturated carbocycles. The molecular formula is C16H23N3OS. The SMILES string of the molecule is Cc1ccc(C(=O)NC2(C(N)=S)CCN(C)CC2)cc1C. The number of benzene rings is 1.